The first-order valence-electron chi connectivity index (χ1n) is 10.7. The average molecular weight is 450 g/mol. The standard InChI is InChI=1S/C23H37BrN2Si/c1-8-17-11-20-19-13-18(24)9-10-22(19)26(23(20)21(25)12-17)27(14(2)3,15(4)5)16(6)7/h9-10,13-17,21H,8,11-12,25H2,1-7H3. The van der Waals surface area contributed by atoms with Crippen LogP contribution in [0.1, 0.15) is 78.6 Å². The number of fused-ring (bicyclic) bond motifs is 3. The number of hydrogen-bond acceptors (Lipinski definition) is 1. The van der Waals surface area contributed by atoms with Gasteiger partial charge in [0.05, 0.1) is 0 Å². The lowest BCUT2D eigenvalue weighted by atomic mass is 9.82. The van der Waals surface area contributed by atoms with Crippen molar-refractivity contribution < 1.29 is 0 Å². The van der Waals surface area contributed by atoms with Gasteiger partial charge in [0, 0.05) is 27.1 Å². The van der Waals surface area contributed by atoms with Crippen LogP contribution in [0.2, 0.25) is 16.6 Å². The second-order valence-corrected chi connectivity index (χ2v) is 16.1. The van der Waals surface area contributed by atoms with E-state index in [2.05, 4.69) is 86.8 Å². The van der Waals surface area contributed by atoms with E-state index in [-0.39, 0.29) is 6.04 Å². The highest BCUT2D eigenvalue weighted by Gasteiger charge is 2.48. The molecule has 2 aromatic rings. The van der Waals surface area contributed by atoms with Crippen molar-refractivity contribution in [3.8, 4) is 0 Å². The Balaban J connectivity index is 2.45. The van der Waals surface area contributed by atoms with Gasteiger partial charge in [-0.15, -0.1) is 0 Å². The van der Waals surface area contributed by atoms with E-state index in [9.17, 15) is 0 Å². The Morgan fingerprint density at radius 1 is 1.11 bits per heavy atom. The van der Waals surface area contributed by atoms with Crippen LogP contribution >= 0.6 is 15.9 Å². The van der Waals surface area contributed by atoms with E-state index >= 15 is 0 Å². The summed E-state index contributed by atoms with van der Waals surface area (Å²) in [6.45, 7) is 17.0. The van der Waals surface area contributed by atoms with Crippen molar-refractivity contribution in [2.24, 2.45) is 11.7 Å². The third-order valence-electron chi connectivity index (χ3n) is 7.25. The Bertz CT molecular complexity index is 800. The fourth-order valence-electron chi connectivity index (χ4n) is 6.30. The summed E-state index contributed by atoms with van der Waals surface area (Å²) in [4.78, 5) is 0. The molecule has 27 heavy (non-hydrogen) atoms. The molecule has 2 N–H and O–H groups in total. The van der Waals surface area contributed by atoms with Crippen LogP contribution in [0.4, 0.5) is 0 Å². The molecule has 2 unspecified atom stereocenters. The van der Waals surface area contributed by atoms with Gasteiger partial charge in [0.2, 0.25) is 0 Å². The number of hydrogen-bond donors (Lipinski definition) is 1. The molecule has 0 spiro atoms. The molecule has 0 saturated heterocycles. The molecule has 4 heteroatoms. The molecule has 2 atom stereocenters. The zero-order chi connectivity index (χ0) is 20.1. The minimum Gasteiger partial charge on any atom is -0.369 e. The lowest BCUT2D eigenvalue weighted by molar-refractivity contribution is 0.391. The molecule has 1 heterocycles. The second-order valence-electron chi connectivity index (χ2n) is 9.53. The summed E-state index contributed by atoms with van der Waals surface area (Å²) in [7, 11) is -1.87. The molecule has 0 radical (unpaired) electrons. The third kappa shape index (κ3) is 3.16. The number of aromatic nitrogens is 1. The van der Waals surface area contributed by atoms with Crippen LogP contribution in [0.15, 0.2) is 22.7 Å². The Labute approximate surface area is 175 Å². The molecule has 150 valence electrons. The summed E-state index contributed by atoms with van der Waals surface area (Å²) in [5, 5.41) is 1.44. The number of halogens is 1. The van der Waals surface area contributed by atoms with Crippen LogP contribution in [0.3, 0.4) is 0 Å². The first kappa shape index (κ1) is 21.1. The summed E-state index contributed by atoms with van der Waals surface area (Å²) >= 11 is 3.72. The van der Waals surface area contributed by atoms with Gasteiger partial charge in [-0.2, -0.15) is 0 Å². The van der Waals surface area contributed by atoms with E-state index in [0.717, 1.165) is 6.42 Å². The maximum atomic E-state index is 6.90. The molecule has 1 aromatic heterocycles. The quantitative estimate of drug-likeness (QED) is 0.474. The van der Waals surface area contributed by atoms with Gasteiger partial charge in [0.1, 0.15) is 0 Å². The van der Waals surface area contributed by atoms with Crippen molar-refractivity contribution in [1.29, 1.82) is 0 Å². The second kappa shape index (κ2) is 7.68. The zero-order valence-electron chi connectivity index (χ0n) is 18.1. The summed E-state index contributed by atoms with van der Waals surface area (Å²) in [5.41, 5.74) is 13.3. The summed E-state index contributed by atoms with van der Waals surface area (Å²) < 4.78 is 4.01. The summed E-state index contributed by atoms with van der Waals surface area (Å²) in [6.07, 6.45) is 3.52. The zero-order valence-corrected chi connectivity index (χ0v) is 20.7. The number of rotatable bonds is 5. The monoisotopic (exact) mass is 448 g/mol. The maximum Gasteiger partial charge on any atom is 0.169 e. The molecule has 0 saturated carbocycles. The van der Waals surface area contributed by atoms with Gasteiger partial charge < -0.3 is 9.97 Å². The molecule has 0 aliphatic heterocycles. The van der Waals surface area contributed by atoms with Gasteiger partial charge in [-0.05, 0) is 59.1 Å². The van der Waals surface area contributed by atoms with E-state index < -0.39 is 8.24 Å². The van der Waals surface area contributed by atoms with E-state index in [0.29, 0.717) is 22.5 Å². The molecular formula is C23H37BrN2Si. The van der Waals surface area contributed by atoms with Gasteiger partial charge in [-0.1, -0.05) is 70.8 Å². The molecule has 1 aromatic carbocycles. The van der Waals surface area contributed by atoms with Gasteiger partial charge in [0.15, 0.2) is 8.24 Å². The van der Waals surface area contributed by atoms with Crippen LogP contribution in [0, 0.1) is 5.92 Å². The third-order valence-corrected chi connectivity index (χ3v) is 14.5. The molecule has 0 bridgehead atoms. The van der Waals surface area contributed by atoms with Crippen LogP contribution in [0.25, 0.3) is 10.9 Å². The Kier molecular flexibility index (Phi) is 6.01. The molecule has 0 amide bonds. The predicted octanol–water partition coefficient (Wildman–Crippen LogP) is 7.40. The van der Waals surface area contributed by atoms with Crippen molar-refractivity contribution in [3.05, 3.63) is 33.9 Å². The summed E-state index contributed by atoms with van der Waals surface area (Å²) in [5.74, 6) is 0.707. The first-order chi connectivity index (χ1) is 12.7. The van der Waals surface area contributed by atoms with Gasteiger partial charge in [0.25, 0.3) is 0 Å². The van der Waals surface area contributed by atoms with Gasteiger partial charge in [-0.3, -0.25) is 0 Å². The minimum atomic E-state index is -1.87. The smallest absolute Gasteiger partial charge is 0.169 e. The predicted molar refractivity (Wildman–Crippen MR) is 125 cm³/mol. The summed E-state index contributed by atoms with van der Waals surface area (Å²) in [6, 6.07) is 7.07. The largest absolute Gasteiger partial charge is 0.369 e. The van der Waals surface area contributed by atoms with Crippen molar-refractivity contribution in [2.75, 3.05) is 0 Å². The van der Waals surface area contributed by atoms with Crippen LogP contribution in [-0.4, -0.2) is 12.5 Å². The lowest BCUT2D eigenvalue weighted by Crippen LogP contribution is -2.53. The molecule has 1 aliphatic carbocycles. The van der Waals surface area contributed by atoms with Gasteiger partial charge in [-0.25, -0.2) is 0 Å². The van der Waals surface area contributed by atoms with Crippen molar-refractivity contribution in [1.82, 2.24) is 4.23 Å². The van der Waals surface area contributed by atoms with Crippen molar-refractivity contribution in [2.45, 2.75) is 90.4 Å². The lowest BCUT2D eigenvalue weighted by Gasteiger charge is -2.47. The molecule has 3 rings (SSSR count). The number of nitrogens with two attached hydrogens (primary N) is 1. The highest BCUT2D eigenvalue weighted by atomic mass is 79.9. The van der Waals surface area contributed by atoms with Crippen molar-refractivity contribution >= 4 is 35.1 Å². The van der Waals surface area contributed by atoms with Crippen molar-refractivity contribution in [3.63, 3.8) is 0 Å². The molecule has 0 fully saturated rings. The SMILES string of the molecule is CCC1Cc2c(n([Si](C(C)C)(C(C)C)C(C)C)c3ccc(Br)cc23)C(N)C1. The average Bonchev–Trinajstić information content (AvgIpc) is 2.89. The first-order valence-corrected chi connectivity index (χ1v) is 13.7. The maximum absolute atomic E-state index is 6.90. The van der Waals surface area contributed by atoms with Crippen LogP contribution in [0.5, 0.6) is 0 Å². The highest BCUT2D eigenvalue weighted by molar-refractivity contribution is 9.10. The molecule has 1 aliphatic rings. The highest BCUT2D eigenvalue weighted by Crippen LogP contribution is 2.49. The van der Waals surface area contributed by atoms with Crippen LogP contribution in [-0.2, 0) is 6.42 Å². The minimum absolute atomic E-state index is 0.160. The van der Waals surface area contributed by atoms with Crippen LogP contribution < -0.4 is 5.73 Å². The molecule has 2 nitrogen and oxygen atoms in total. The Hall–Kier alpha value is -0.583. The van der Waals surface area contributed by atoms with E-state index in [1.807, 2.05) is 0 Å². The van der Waals surface area contributed by atoms with E-state index in [4.69, 9.17) is 5.73 Å². The topological polar surface area (TPSA) is 30.9 Å². The van der Waals surface area contributed by atoms with Gasteiger partial charge >= 0.3 is 0 Å². The fraction of sp³-hybridized carbons (Fsp3) is 0.652. The number of nitrogens with zero attached hydrogens (tertiary/aromatic N) is 1. The van der Waals surface area contributed by atoms with E-state index in [1.165, 1.54) is 39.5 Å². The Morgan fingerprint density at radius 3 is 2.22 bits per heavy atom. The number of benzene rings is 1. The molecular weight excluding hydrogens is 412 g/mol. The fourth-order valence-corrected chi connectivity index (χ4v) is 13.5. The normalized spacial score (nSPS) is 20.9. The van der Waals surface area contributed by atoms with E-state index in [1.54, 1.807) is 0 Å². The Morgan fingerprint density at radius 2 is 1.70 bits per heavy atom.